The van der Waals surface area contributed by atoms with Crippen molar-refractivity contribution in [2.45, 2.75) is 38.4 Å². The monoisotopic (exact) mass is 327 g/mol. The number of hydrogen-bond acceptors (Lipinski definition) is 8. The number of carbonyl (C=O) groups is 2. The summed E-state index contributed by atoms with van der Waals surface area (Å²) in [5.74, 6) is -1.00. The van der Waals surface area contributed by atoms with E-state index in [2.05, 4.69) is 10.3 Å². The summed E-state index contributed by atoms with van der Waals surface area (Å²) in [6.45, 7) is 1.91. The lowest BCUT2D eigenvalue weighted by Crippen LogP contribution is -2.39. The Kier molecular flexibility index (Phi) is 5.08. The van der Waals surface area contributed by atoms with Crippen LogP contribution in [0.25, 0.3) is 0 Å². The van der Waals surface area contributed by atoms with Crippen molar-refractivity contribution in [3.05, 3.63) is 22.7 Å². The molecule has 1 aromatic rings. The van der Waals surface area contributed by atoms with Crippen LogP contribution in [0.1, 0.15) is 20.1 Å². The van der Waals surface area contributed by atoms with Crippen LogP contribution in [0.5, 0.6) is 0 Å². The maximum absolute atomic E-state index is 12.1. The summed E-state index contributed by atoms with van der Waals surface area (Å²) in [5, 5.41) is 21.6. The smallest absolute Gasteiger partial charge is 0.351 e. The molecule has 23 heavy (non-hydrogen) atoms. The molecule has 0 saturated carbocycles. The van der Waals surface area contributed by atoms with Crippen molar-refractivity contribution < 1.29 is 29.3 Å². The zero-order valence-electron chi connectivity index (χ0n) is 12.5. The van der Waals surface area contributed by atoms with E-state index in [1.165, 1.54) is 19.2 Å². The quantitative estimate of drug-likeness (QED) is 0.561. The van der Waals surface area contributed by atoms with Crippen molar-refractivity contribution >= 4 is 17.7 Å². The maximum Gasteiger partial charge on any atom is 0.351 e. The summed E-state index contributed by atoms with van der Waals surface area (Å²) in [4.78, 5) is 37.9. The maximum atomic E-state index is 12.1. The SMILES string of the molecule is CC(=O)Nc1ccn([C@@H]2O[C@H](CO)C(O)[C@@H]2OC(C)=O)c(=O)n1. The Morgan fingerprint density at radius 2 is 2.17 bits per heavy atom. The minimum absolute atomic E-state index is 0.0556. The van der Waals surface area contributed by atoms with Crippen molar-refractivity contribution in [2.75, 3.05) is 11.9 Å². The zero-order chi connectivity index (χ0) is 17.1. The van der Waals surface area contributed by atoms with Crippen LogP contribution in [-0.2, 0) is 19.1 Å². The van der Waals surface area contributed by atoms with Gasteiger partial charge >= 0.3 is 11.7 Å². The van der Waals surface area contributed by atoms with Gasteiger partial charge in [0.1, 0.15) is 18.0 Å². The molecule has 0 aliphatic carbocycles. The summed E-state index contributed by atoms with van der Waals surface area (Å²) in [6.07, 6.45) is -3.33. The molecule has 1 aliphatic rings. The van der Waals surface area contributed by atoms with Crippen LogP contribution < -0.4 is 11.0 Å². The van der Waals surface area contributed by atoms with Crippen molar-refractivity contribution in [3.63, 3.8) is 0 Å². The number of nitrogens with zero attached hydrogens (tertiary/aromatic N) is 2. The van der Waals surface area contributed by atoms with Crippen LogP contribution >= 0.6 is 0 Å². The topological polar surface area (TPSA) is 140 Å². The summed E-state index contributed by atoms with van der Waals surface area (Å²) in [6, 6.07) is 1.36. The molecule has 10 heteroatoms. The Bertz CT molecular complexity index is 659. The van der Waals surface area contributed by atoms with Gasteiger partial charge in [0.15, 0.2) is 12.3 Å². The van der Waals surface area contributed by atoms with E-state index >= 15 is 0 Å². The predicted octanol–water partition coefficient (Wildman–Crippen LogP) is -1.62. The third kappa shape index (κ3) is 3.73. The molecule has 0 radical (unpaired) electrons. The van der Waals surface area contributed by atoms with Crippen LogP contribution in [0.2, 0.25) is 0 Å². The zero-order valence-corrected chi connectivity index (χ0v) is 12.5. The lowest BCUT2D eigenvalue weighted by Gasteiger charge is -2.21. The fraction of sp³-hybridized carbons (Fsp3) is 0.538. The fourth-order valence-corrected chi connectivity index (χ4v) is 2.27. The Hall–Kier alpha value is -2.30. The minimum atomic E-state index is -1.30. The van der Waals surface area contributed by atoms with E-state index in [9.17, 15) is 24.6 Å². The largest absolute Gasteiger partial charge is 0.455 e. The summed E-state index contributed by atoms with van der Waals surface area (Å²) in [7, 11) is 0. The van der Waals surface area contributed by atoms with Crippen LogP contribution in [-0.4, -0.2) is 56.6 Å². The molecule has 1 aromatic heterocycles. The number of nitrogens with one attached hydrogen (secondary N) is 1. The van der Waals surface area contributed by atoms with E-state index < -0.39 is 42.8 Å². The molecule has 3 N–H and O–H groups in total. The molecule has 1 aliphatic heterocycles. The second kappa shape index (κ2) is 6.86. The van der Waals surface area contributed by atoms with Crippen LogP contribution in [0.3, 0.4) is 0 Å². The van der Waals surface area contributed by atoms with Crippen LogP contribution in [0, 0.1) is 0 Å². The summed E-state index contributed by atoms with van der Waals surface area (Å²) >= 11 is 0. The van der Waals surface area contributed by atoms with Gasteiger partial charge in [-0.05, 0) is 6.07 Å². The average Bonchev–Trinajstić information content (AvgIpc) is 2.75. The van der Waals surface area contributed by atoms with Crippen molar-refractivity contribution in [2.24, 2.45) is 0 Å². The highest BCUT2D eigenvalue weighted by Crippen LogP contribution is 2.30. The van der Waals surface area contributed by atoms with E-state index in [1.807, 2.05) is 0 Å². The third-order valence-corrected chi connectivity index (χ3v) is 3.20. The van der Waals surface area contributed by atoms with Gasteiger partial charge in [-0.25, -0.2) is 4.79 Å². The molecule has 1 unspecified atom stereocenters. The van der Waals surface area contributed by atoms with E-state index in [0.717, 1.165) is 11.5 Å². The Balaban J connectivity index is 2.32. The first kappa shape index (κ1) is 17.1. The van der Waals surface area contributed by atoms with Crippen LogP contribution in [0.4, 0.5) is 5.82 Å². The highest BCUT2D eigenvalue weighted by Gasteiger charge is 2.47. The molecule has 0 aromatic carbocycles. The number of aromatic nitrogens is 2. The number of anilines is 1. The molecule has 1 saturated heterocycles. The Labute approximate surface area is 130 Å². The average molecular weight is 327 g/mol. The fourth-order valence-electron chi connectivity index (χ4n) is 2.27. The highest BCUT2D eigenvalue weighted by molar-refractivity contribution is 5.87. The van der Waals surface area contributed by atoms with Gasteiger partial charge in [0, 0.05) is 20.0 Å². The first-order valence-corrected chi connectivity index (χ1v) is 6.82. The van der Waals surface area contributed by atoms with Gasteiger partial charge in [-0.2, -0.15) is 4.98 Å². The second-order valence-electron chi connectivity index (χ2n) is 5.00. The molecular formula is C13H17N3O7. The molecule has 0 spiro atoms. The van der Waals surface area contributed by atoms with Gasteiger partial charge in [-0.15, -0.1) is 0 Å². The first-order chi connectivity index (χ1) is 10.8. The first-order valence-electron chi connectivity index (χ1n) is 6.82. The Morgan fingerprint density at radius 1 is 1.48 bits per heavy atom. The molecule has 2 rings (SSSR count). The summed E-state index contributed by atoms with van der Waals surface area (Å²) in [5.41, 5.74) is -0.774. The van der Waals surface area contributed by atoms with Crippen LogP contribution in [0.15, 0.2) is 17.1 Å². The van der Waals surface area contributed by atoms with E-state index in [1.54, 1.807) is 0 Å². The highest BCUT2D eigenvalue weighted by atomic mass is 16.6. The summed E-state index contributed by atoms with van der Waals surface area (Å²) < 4.78 is 11.4. The number of aliphatic hydroxyl groups is 2. The molecule has 10 nitrogen and oxygen atoms in total. The van der Waals surface area contributed by atoms with Gasteiger partial charge in [-0.3, -0.25) is 14.2 Å². The second-order valence-corrected chi connectivity index (χ2v) is 5.00. The number of esters is 1. The lowest BCUT2D eigenvalue weighted by atomic mass is 10.1. The van der Waals surface area contributed by atoms with E-state index in [4.69, 9.17) is 9.47 Å². The lowest BCUT2D eigenvalue weighted by molar-refractivity contribution is -0.156. The predicted molar refractivity (Wildman–Crippen MR) is 75.4 cm³/mol. The Morgan fingerprint density at radius 3 is 2.70 bits per heavy atom. The van der Waals surface area contributed by atoms with E-state index in [-0.39, 0.29) is 11.7 Å². The molecule has 0 bridgehead atoms. The number of ether oxygens (including phenoxy) is 2. The number of carbonyl (C=O) groups excluding carboxylic acids is 2. The minimum Gasteiger partial charge on any atom is -0.455 e. The molecular weight excluding hydrogens is 310 g/mol. The molecule has 2 heterocycles. The molecule has 126 valence electrons. The number of hydrogen-bond donors (Lipinski definition) is 3. The molecule has 1 amide bonds. The van der Waals surface area contributed by atoms with Crippen molar-refractivity contribution in [1.29, 1.82) is 0 Å². The van der Waals surface area contributed by atoms with Crippen molar-refractivity contribution in [1.82, 2.24) is 9.55 Å². The van der Waals surface area contributed by atoms with Gasteiger partial charge < -0.3 is 25.0 Å². The van der Waals surface area contributed by atoms with Gasteiger partial charge in [-0.1, -0.05) is 0 Å². The normalized spacial score (nSPS) is 26.8. The third-order valence-electron chi connectivity index (χ3n) is 3.20. The van der Waals surface area contributed by atoms with Gasteiger partial charge in [0.25, 0.3) is 0 Å². The van der Waals surface area contributed by atoms with Gasteiger partial charge in [0.05, 0.1) is 6.61 Å². The van der Waals surface area contributed by atoms with Crippen molar-refractivity contribution in [3.8, 4) is 0 Å². The molecule has 1 fully saturated rings. The number of aliphatic hydroxyl groups excluding tert-OH is 2. The standard InChI is InChI=1S/C13H17N3O7/c1-6(18)14-9-3-4-16(13(21)15-9)12-11(22-7(2)19)10(20)8(5-17)23-12/h3-4,8,10-12,17,20H,5H2,1-2H3,(H,14,15,18,21)/t8-,10?,11+,12-/m1/s1. The van der Waals surface area contributed by atoms with E-state index in [0.29, 0.717) is 0 Å². The molecule has 4 atom stereocenters. The van der Waals surface area contributed by atoms with Gasteiger partial charge in [0.2, 0.25) is 5.91 Å². The number of rotatable bonds is 4. The number of amides is 1.